The Hall–Kier alpha value is -1.88. The molecule has 20 heavy (non-hydrogen) atoms. The summed E-state index contributed by atoms with van der Waals surface area (Å²) in [6.45, 7) is 7.27. The molecule has 1 heterocycles. The van der Waals surface area contributed by atoms with Gasteiger partial charge in [0.2, 0.25) is 0 Å². The third-order valence-corrected chi connectivity index (χ3v) is 3.79. The summed E-state index contributed by atoms with van der Waals surface area (Å²) in [5.41, 5.74) is 2.63. The van der Waals surface area contributed by atoms with E-state index in [1.54, 1.807) is 11.3 Å². The number of hydrogen-bond acceptors (Lipinski definition) is 4. The van der Waals surface area contributed by atoms with Crippen LogP contribution in [-0.2, 0) is 6.54 Å². The molecule has 0 radical (unpaired) electrons. The van der Waals surface area contributed by atoms with Crippen LogP contribution in [0.2, 0.25) is 0 Å². The molecule has 0 atom stereocenters. The predicted molar refractivity (Wildman–Crippen MR) is 83.4 cm³/mol. The zero-order valence-electron chi connectivity index (χ0n) is 12.0. The molecule has 0 saturated carbocycles. The Kier molecular flexibility index (Phi) is 4.74. The minimum atomic E-state index is -0.0595. The van der Waals surface area contributed by atoms with Crippen molar-refractivity contribution in [3.05, 3.63) is 45.4 Å². The molecule has 106 valence electrons. The molecule has 1 aromatic carbocycles. The fourth-order valence-electron chi connectivity index (χ4n) is 1.94. The average molecular weight is 289 g/mol. The van der Waals surface area contributed by atoms with Crippen LogP contribution >= 0.6 is 11.3 Å². The SMILES string of the molecule is CCNc1ccc(C)cc1C(=O)NCc1cnc(C)s1. The Morgan fingerprint density at radius 3 is 2.80 bits per heavy atom. The summed E-state index contributed by atoms with van der Waals surface area (Å²) in [5.74, 6) is -0.0595. The third-order valence-electron chi connectivity index (χ3n) is 2.88. The summed E-state index contributed by atoms with van der Waals surface area (Å²) >= 11 is 1.60. The van der Waals surface area contributed by atoms with E-state index < -0.39 is 0 Å². The van der Waals surface area contributed by atoms with Crippen LogP contribution in [0.1, 0.15) is 32.7 Å². The molecule has 4 nitrogen and oxygen atoms in total. The van der Waals surface area contributed by atoms with Crippen molar-refractivity contribution in [3.8, 4) is 0 Å². The first-order valence-corrected chi connectivity index (χ1v) is 7.46. The van der Waals surface area contributed by atoms with Crippen molar-refractivity contribution in [2.24, 2.45) is 0 Å². The van der Waals surface area contributed by atoms with Gasteiger partial charge in [-0.15, -0.1) is 11.3 Å². The molecule has 1 aromatic heterocycles. The van der Waals surface area contributed by atoms with Crippen molar-refractivity contribution >= 4 is 22.9 Å². The second-order valence-electron chi connectivity index (χ2n) is 4.61. The summed E-state index contributed by atoms with van der Waals surface area (Å²) < 4.78 is 0. The van der Waals surface area contributed by atoms with Gasteiger partial charge in [0.25, 0.3) is 5.91 Å². The number of benzene rings is 1. The molecule has 0 unspecified atom stereocenters. The molecule has 0 saturated heterocycles. The fraction of sp³-hybridized carbons (Fsp3) is 0.333. The lowest BCUT2D eigenvalue weighted by molar-refractivity contribution is 0.0952. The maximum Gasteiger partial charge on any atom is 0.253 e. The van der Waals surface area contributed by atoms with Crippen LogP contribution in [0.25, 0.3) is 0 Å². The summed E-state index contributed by atoms with van der Waals surface area (Å²) in [6.07, 6.45) is 1.81. The average Bonchev–Trinajstić information content (AvgIpc) is 2.84. The Morgan fingerprint density at radius 2 is 2.15 bits per heavy atom. The van der Waals surface area contributed by atoms with Crippen LogP contribution in [0.15, 0.2) is 24.4 Å². The molecule has 0 aliphatic carbocycles. The van der Waals surface area contributed by atoms with Crippen molar-refractivity contribution in [2.45, 2.75) is 27.3 Å². The molecule has 0 spiro atoms. The lowest BCUT2D eigenvalue weighted by Gasteiger charge is -2.11. The van der Waals surface area contributed by atoms with Gasteiger partial charge in [-0.3, -0.25) is 4.79 Å². The number of thiazole rings is 1. The molecule has 2 rings (SSSR count). The third kappa shape index (κ3) is 3.57. The predicted octanol–water partition coefficient (Wildman–Crippen LogP) is 3.12. The van der Waals surface area contributed by atoms with Crippen LogP contribution < -0.4 is 10.6 Å². The van der Waals surface area contributed by atoms with Gasteiger partial charge in [-0.1, -0.05) is 11.6 Å². The van der Waals surface area contributed by atoms with Gasteiger partial charge in [-0.05, 0) is 32.9 Å². The number of nitrogens with zero attached hydrogens (tertiary/aromatic N) is 1. The first-order valence-electron chi connectivity index (χ1n) is 6.64. The van der Waals surface area contributed by atoms with E-state index in [0.717, 1.165) is 27.7 Å². The van der Waals surface area contributed by atoms with Gasteiger partial charge < -0.3 is 10.6 Å². The lowest BCUT2D eigenvalue weighted by Crippen LogP contribution is -2.23. The first kappa shape index (κ1) is 14.5. The zero-order valence-corrected chi connectivity index (χ0v) is 12.8. The van der Waals surface area contributed by atoms with Crippen molar-refractivity contribution in [1.82, 2.24) is 10.3 Å². The minimum Gasteiger partial charge on any atom is -0.385 e. The van der Waals surface area contributed by atoms with Crippen molar-refractivity contribution < 1.29 is 4.79 Å². The van der Waals surface area contributed by atoms with Crippen LogP contribution in [0.5, 0.6) is 0 Å². The van der Waals surface area contributed by atoms with E-state index in [4.69, 9.17) is 0 Å². The molecule has 2 N–H and O–H groups in total. The van der Waals surface area contributed by atoms with Crippen LogP contribution in [0.4, 0.5) is 5.69 Å². The van der Waals surface area contributed by atoms with Gasteiger partial charge in [0.05, 0.1) is 17.1 Å². The second kappa shape index (κ2) is 6.52. The van der Waals surface area contributed by atoms with E-state index in [-0.39, 0.29) is 5.91 Å². The fourth-order valence-corrected chi connectivity index (χ4v) is 2.67. The standard InChI is InChI=1S/C15H19N3OS/c1-4-16-14-6-5-10(2)7-13(14)15(19)18-9-12-8-17-11(3)20-12/h5-8,16H,4,9H2,1-3H3,(H,18,19). The minimum absolute atomic E-state index is 0.0595. The molecule has 0 fully saturated rings. The van der Waals surface area contributed by atoms with E-state index in [2.05, 4.69) is 15.6 Å². The number of hydrogen-bond donors (Lipinski definition) is 2. The monoisotopic (exact) mass is 289 g/mol. The quantitative estimate of drug-likeness (QED) is 0.889. The van der Waals surface area contributed by atoms with Gasteiger partial charge in [0.15, 0.2) is 0 Å². The van der Waals surface area contributed by atoms with Gasteiger partial charge in [0.1, 0.15) is 0 Å². The Labute approximate surface area is 123 Å². The van der Waals surface area contributed by atoms with E-state index in [9.17, 15) is 4.79 Å². The number of carbonyl (C=O) groups is 1. The topological polar surface area (TPSA) is 54.0 Å². The molecule has 0 aliphatic heterocycles. The molecule has 0 bridgehead atoms. The smallest absolute Gasteiger partial charge is 0.253 e. The molecular formula is C15H19N3OS. The number of nitrogens with one attached hydrogen (secondary N) is 2. The molecule has 1 amide bonds. The Balaban J connectivity index is 2.09. The maximum absolute atomic E-state index is 12.3. The van der Waals surface area contributed by atoms with E-state index >= 15 is 0 Å². The maximum atomic E-state index is 12.3. The van der Waals surface area contributed by atoms with Crippen molar-refractivity contribution in [3.63, 3.8) is 0 Å². The summed E-state index contributed by atoms with van der Waals surface area (Å²) in [6, 6.07) is 5.86. The lowest BCUT2D eigenvalue weighted by atomic mass is 10.1. The van der Waals surface area contributed by atoms with E-state index in [0.29, 0.717) is 12.1 Å². The highest BCUT2D eigenvalue weighted by atomic mass is 32.1. The number of carbonyl (C=O) groups excluding carboxylic acids is 1. The van der Waals surface area contributed by atoms with Gasteiger partial charge in [0, 0.05) is 23.3 Å². The van der Waals surface area contributed by atoms with E-state index in [1.165, 1.54) is 0 Å². The zero-order chi connectivity index (χ0) is 14.5. The highest BCUT2D eigenvalue weighted by Gasteiger charge is 2.11. The van der Waals surface area contributed by atoms with Crippen LogP contribution in [0.3, 0.4) is 0 Å². The largest absolute Gasteiger partial charge is 0.385 e. The number of aryl methyl sites for hydroxylation is 2. The first-order chi connectivity index (χ1) is 9.60. The Morgan fingerprint density at radius 1 is 1.35 bits per heavy atom. The van der Waals surface area contributed by atoms with Crippen molar-refractivity contribution in [1.29, 1.82) is 0 Å². The van der Waals surface area contributed by atoms with Crippen LogP contribution in [0, 0.1) is 13.8 Å². The summed E-state index contributed by atoms with van der Waals surface area (Å²) in [4.78, 5) is 17.6. The molecular weight excluding hydrogens is 270 g/mol. The van der Waals surface area contributed by atoms with Gasteiger partial charge >= 0.3 is 0 Å². The summed E-state index contributed by atoms with van der Waals surface area (Å²) in [5, 5.41) is 7.17. The highest BCUT2D eigenvalue weighted by molar-refractivity contribution is 7.11. The van der Waals surface area contributed by atoms with E-state index in [1.807, 2.05) is 45.2 Å². The molecule has 5 heteroatoms. The van der Waals surface area contributed by atoms with Gasteiger partial charge in [-0.2, -0.15) is 0 Å². The highest BCUT2D eigenvalue weighted by Crippen LogP contribution is 2.18. The summed E-state index contributed by atoms with van der Waals surface area (Å²) in [7, 11) is 0. The molecule has 2 aromatic rings. The number of amides is 1. The molecule has 0 aliphatic rings. The van der Waals surface area contributed by atoms with Gasteiger partial charge in [-0.25, -0.2) is 4.98 Å². The normalized spacial score (nSPS) is 10.3. The van der Waals surface area contributed by atoms with Crippen LogP contribution in [-0.4, -0.2) is 17.4 Å². The number of aromatic nitrogens is 1. The number of anilines is 1. The van der Waals surface area contributed by atoms with Crippen molar-refractivity contribution in [2.75, 3.05) is 11.9 Å². The Bertz CT molecular complexity index is 607. The second-order valence-corrected chi connectivity index (χ2v) is 5.93. The number of rotatable bonds is 5.